The molecule has 3 aliphatic heterocycles. The molecule has 43 heavy (non-hydrogen) atoms. The van der Waals surface area contributed by atoms with Gasteiger partial charge in [0.05, 0.1) is 19.1 Å². The first-order valence-corrected chi connectivity index (χ1v) is 14.5. The largest absolute Gasteiger partial charge is 0.497 e. The zero-order valence-electron chi connectivity index (χ0n) is 24.5. The Bertz CT molecular complexity index is 1860. The second kappa shape index (κ2) is 9.80. The molecule has 1 fully saturated rings. The summed E-state index contributed by atoms with van der Waals surface area (Å²) in [6, 6.07) is 26.6. The fourth-order valence-corrected chi connectivity index (χ4v) is 7.39. The number of carbonyl (C=O) groups excluding carboxylic acids is 3. The van der Waals surface area contributed by atoms with Crippen molar-refractivity contribution in [1.29, 1.82) is 0 Å². The lowest BCUT2D eigenvalue weighted by molar-refractivity contribution is -0.121. The molecule has 1 spiro atoms. The molecule has 1 N–H and O–H groups in total. The van der Waals surface area contributed by atoms with Crippen molar-refractivity contribution in [2.75, 3.05) is 17.3 Å². The highest BCUT2D eigenvalue weighted by molar-refractivity contribution is 6.18. The van der Waals surface area contributed by atoms with Crippen molar-refractivity contribution >= 4 is 34.4 Å². The quantitative estimate of drug-likeness (QED) is 0.276. The van der Waals surface area contributed by atoms with E-state index in [4.69, 9.17) is 4.74 Å². The van der Waals surface area contributed by atoms with Crippen LogP contribution in [0.5, 0.6) is 5.75 Å². The number of nitrogens with zero attached hydrogens (tertiary/aromatic N) is 1. The number of ether oxygens (including phenoxy) is 1. The highest BCUT2D eigenvalue weighted by atomic mass is 16.5. The van der Waals surface area contributed by atoms with Gasteiger partial charge in [0, 0.05) is 28.1 Å². The van der Waals surface area contributed by atoms with Gasteiger partial charge in [0.2, 0.25) is 5.91 Å². The van der Waals surface area contributed by atoms with Crippen LogP contribution >= 0.6 is 0 Å². The first kappa shape index (κ1) is 26.9. The van der Waals surface area contributed by atoms with Crippen molar-refractivity contribution in [3.63, 3.8) is 0 Å². The van der Waals surface area contributed by atoms with Gasteiger partial charge in [-0.05, 0) is 62.2 Å². The average molecular weight is 569 g/mol. The number of allylic oxidation sites excluding steroid dienone is 1. The highest BCUT2D eigenvalue weighted by Gasteiger charge is 2.70. The molecule has 4 aromatic carbocycles. The summed E-state index contributed by atoms with van der Waals surface area (Å²) in [6.45, 7) is 6.05. The molecule has 4 aromatic rings. The molecule has 3 aliphatic rings. The van der Waals surface area contributed by atoms with Gasteiger partial charge < -0.3 is 15.0 Å². The van der Waals surface area contributed by atoms with Gasteiger partial charge in [0.1, 0.15) is 17.2 Å². The van der Waals surface area contributed by atoms with E-state index < -0.39 is 23.4 Å². The minimum atomic E-state index is -1.36. The molecule has 214 valence electrons. The summed E-state index contributed by atoms with van der Waals surface area (Å²) in [5.74, 6) is -1.24. The number of anilines is 2. The van der Waals surface area contributed by atoms with Gasteiger partial charge in [-0.2, -0.15) is 0 Å². The molecule has 0 aliphatic carbocycles. The molecule has 6 heteroatoms. The van der Waals surface area contributed by atoms with Crippen LogP contribution in [0.3, 0.4) is 0 Å². The predicted octanol–water partition coefficient (Wildman–Crippen LogP) is 6.56. The van der Waals surface area contributed by atoms with E-state index in [1.807, 2.05) is 86.3 Å². The maximum Gasteiger partial charge on any atom is 0.238 e. The number of methoxy groups -OCH3 is 1. The molecule has 3 heterocycles. The summed E-state index contributed by atoms with van der Waals surface area (Å²) in [4.78, 5) is 46.4. The van der Waals surface area contributed by atoms with E-state index in [1.54, 1.807) is 31.4 Å². The van der Waals surface area contributed by atoms with E-state index in [2.05, 4.69) is 17.5 Å². The van der Waals surface area contributed by atoms with Crippen LogP contribution in [0, 0.1) is 19.8 Å². The molecule has 6 nitrogen and oxygen atoms in total. The van der Waals surface area contributed by atoms with Crippen molar-refractivity contribution in [2.24, 2.45) is 5.92 Å². The first-order valence-electron chi connectivity index (χ1n) is 14.5. The molecule has 1 saturated heterocycles. The minimum absolute atomic E-state index is 0.195. The SMILES string of the molecule is COc1cccc(C(=O)[C@@H]2[C@H](C(=O)c3ccc(C)cc3)N3c4ccc(C)cc4C(C)=C[C@H]3[C@]23C(=O)Nc2ccccc23)c1. The van der Waals surface area contributed by atoms with Crippen LogP contribution in [0.4, 0.5) is 11.4 Å². The maximum absolute atomic E-state index is 15.0. The molecule has 1 amide bonds. The highest BCUT2D eigenvalue weighted by Crippen LogP contribution is 2.59. The number of amides is 1. The lowest BCUT2D eigenvalue weighted by Gasteiger charge is -2.39. The van der Waals surface area contributed by atoms with Crippen molar-refractivity contribution in [3.05, 3.63) is 130 Å². The van der Waals surface area contributed by atoms with Gasteiger partial charge in [-0.3, -0.25) is 14.4 Å². The van der Waals surface area contributed by atoms with Crippen LogP contribution in [-0.4, -0.2) is 36.7 Å². The number of carbonyl (C=O) groups is 3. The van der Waals surface area contributed by atoms with Crippen LogP contribution in [0.2, 0.25) is 0 Å². The monoisotopic (exact) mass is 568 g/mol. The number of rotatable bonds is 5. The van der Waals surface area contributed by atoms with Crippen LogP contribution in [0.1, 0.15) is 49.9 Å². The lowest BCUT2D eigenvalue weighted by Crippen LogP contribution is -2.51. The first-order chi connectivity index (χ1) is 20.7. The fourth-order valence-electron chi connectivity index (χ4n) is 7.39. The molecule has 0 bridgehead atoms. The molecular formula is C37H32N2O4. The van der Waals surface area contributed by atoms with Crippen molar-refractivity contribution in [3.8, 4) is 5.75 Å². The molecule has 0 unspecified atom stereocenters. The van der Waals surface area contributed by atoms with E-state index in [0.717, 1.165) is 33.5 Å². The van der Waals surface area contributed by atoms with Crippen LogP contribution < -0.4 is 15.0 Å². The number of fused-ring (bicyclic) bond motifs is 6. The van der Waals surface area contributed by atoms with E-state index in [0.29, 0.717) is 22.6 Å². The zero-order chi connectivity index (χ0) is 30.0. The van der Waals surface area contributed by atoms with Gasteiger partial charge >= 0.3 is 0 Å². The summed E-state index contributed by atoms with van der Waals surface area (Å²) in [5.41, 5.74) is 5.91. The molecule has 0 aromatic heterocycles. The summed E-state index contributed by atoms with van der Waals surface area (Å²) < 4.78 is 5.46. The number of hydrogen-bond acceptors (Lipinski definition) is 5. The Morgan fingerprint density at radius 1 is 0.814 bits per heavy atom. The summed E-state index contributed by atoms with van der Waals surface area (Å²) in [7, 11) is 1.55. The van der Waals surface area contributed by atoms with Crippen LogP contribution in [0.25, 0.3) is 5.57 Å². The Balaban J connectivity index is 1.55. The number of nitrogens with one attached hydrogen (secondary N) is 1. The van der Waals surface area contributed by atoms with E-state index >= 15 is 0 Å². The van der Waals surface area contributed by atoms with Gasteiger partial charge in [0.15, 0.2) is 11.6 Å². The van der Waals surface area contributed by atoms with Gasteiger partial charge in [-0.25, -0.2) is 0 Å². The van der Waals surface area contributed by atoms with Crippen molar-refractivity contribution < 1.29 is 19.1 Å². The fraction of sp³-hybridized carbons (Fsp3) is 0.216. The van der Waals surface area contributed by atoms with E-state index in [-0.39, 0.29) is 17.5 Å². The van der Waals surface area contributed by atoms with E-state index in [1.165, 1.54) is 0 Å². The number of benzene rings is 4. The summed E-state index contributed by atoms with van der Waals surface area (Å²) in [5, 5.41) is 3.09. The number of para-hydroxylation sites is 1. The van der Waals surface area contributed by atoms with Gasteiger partial charge in [0.25, 0.3) is 0 Å². The second-order valence-electron chi connectivity index (χ2n) is 11.8. The molecule has 0 radical (unpaired) electrons. The minimum Gasteiger partial charge on any atom is -0.497 e. The normalized spacial score (nSPS) is 23.3. The molecule has 0 saturated carbocycles. The number of ketones is 2. The van der Waals surface area contributed by atoms with Crippen molar-refractivity contribution in [2.45, 2.75) is 38.3 Å². The van der Waals surface area contributed by atoms with E-state index in [9.17, 15) is 14.4 Å². The second-order valence-corrected chi connectivity index (χ2v) is 11.8. The number of hydrogen-bond donors (Lipinski definition) is 1. The van der Waals surface area contributed by atoms with Crippen LogP contribution in [-0.2, 0) is 10.2 Å². The molecule has 7 rings (SSSR count). The average Bonchev–Trinajstić information content (AvgIpc) is 3.49. The third kappa shape index (κ3) is 3.82. The molecule has 4 atom stereocenters. The maximum atomic E-state index is 15.0. The summed E-state index contributed by atoms with van der Waals surface area (Å²) >= 11 is 0. The Labute approximate surface area is 251 Å². The number of Topliss-reactive ketones (excluding diaryl/α,β-unsaturated/α-hetero) is 2. The lowest BCUT2D eigenvalue weighted by atomic mass is 9.64. The zero-order valence-corrected chi connectivity index (χ0v) is 24.5. The molecular weight excluding hydrogens is 536 g/mol. The van der Waals surface area contributed by atoms with Gasteiger partial charge in [-0.15, -0.1) is 0 Å². The van der Waals surface area contributed by atoms with Gasteiger partial charge in [-0.1, -0.05) is 77.9 Å². The standard InChI is InChI=1S/C37H32N2O4/c1-21-12-15-24(16-13-21)35(41)33-32(34(40)25-8-7-9-26(20-25)43-4)37(28-10-5-6-11-29(28)38-36(37)42)31-19-23(3)27-18-22(2)14-17-30(27)39(31)33/h5-20,31-33H,1-4H3,(H,38,42)/t31-,32-,33+,37-/m0/s1. The smallest absolute Gasteiger partial charge is 0.238 e. The van der Waals surface area contributed by atoms with Crippen LogP contribution in [0.15, 0.2) is 97.1 Å². The Morgan fingerprint density at radius 2 is 1.56 bits per heavy atom. The Morgan fingerprint density at radius 3 is 2.33 bits per heavy atom. The Kier molecular flexibility index (Phi) is 6.13. The predicted molar refractivity (Wildman–Crippen MR) is 168 cm³/mol. The Hall–Kier alpha value is -4.97. The van der Waals surface area contributed by atoms with Crippen molar-refractivity contribution in [1.82, 2.24) is 0 Å². The number of aryl methyl sites for hydroxylation is 2. The summed E-state index contributed by atoms with van der Waals surface area (Å²) in [6.07, 6.45) is 2.08. The third-order valence-corrected chi connectivity index (χ3v) is 9.37. The third-order valence-electron chi connectivity index (χ3n) is 9.37. The topological polar surface area (TPSA) is 75.7 Å².